The molecule has 0 amide bonds. The molecule has 0 saturated carbocycles. The Hall–Kier alpha value is -1.43. The third kappa shape index (κ3) is 2.82. The van der Waals surface area contributed by atoms with Crippen molar-refractivity contribution in [1.29, 1.82) is 0 Å². The minimum Gasteiger partial charge on any atom is -0.365 e. The Morgan fingerprint density at radius 1 is 1.35 bits per heavy atom. The number of pyridine rings is 1. The maximum atomic E-state index is 12.3. The number of nitrogens with zero attached hydrogens (tertiary/aromatic N) is 2. The van der Waals surface area contributed by atoms with Gasteiger partial charge in [0.1, 0.15) is 5.69 Å². The maximum absolute atomic E-state index is 12.3. The monoisotopic (exact) mass is 243 g/mol. The maximum Gasteiger partial charge on any atom is 0.274 e. The van der Waals surface area contributed by atoms with Crippen molar-refractivity contribution in [3.63, 3.8) is 0 Å². The van der Waals surface area contributed by atoms with Gasteiger partial charge in [0.15, 0.2) is 0 Å². The molecule has 0 unspecified atom stereocenters. The van der Waals surface area contributed by atoms with Gasteiger partial charge < -0.3 is 14.8 Å². The lowest BCUT2D eigenvalue weighted by molar-refractivity contribution is 0.125. The van der Waals surface area contributed by atoms with Gasteiger partial charge in [-0.3, -0.25) is 4.79 Å². The largest absolute Gasteiger partial charge is 0.365 e. The lowest BCUT2D eigenvalue weighted by Gasteiger charge is -2.29. The molecule has 2 heterocycles. The van der Waals surface area contributed by atoms with E-state index in [1.165, 1.54) is 6.20 Å². The SMILES string of the molecule is O=c1c(N2CCNCC2)cccn1CC(F)F. The zero-order valence-corrected chi connectivity index (χ0v) is 9.40. The first kappa shape index (κ1) is 12.0. The molecule has 1 aliphatic heterocycles. The van der Waals surface area contributed by atoms with Gasteiger partial charge in [-0.25, -0.2) is 8.78 Å². The summed E-state index contributed by atoms with van der Waals surface area (Å²) in [7, 11) is 0. The van der Waals surface area contributed by atoms with Crippen molar-refractivity contribution in [3.8, 4) is 0 Å². The Morgan fingerprint density at radius 2 is 2.06 bits per heavy atom. The minimum atomic E-state index is -2.51. The summed E-state index contributed by atoms with van der Waals surface area (Å²) in [5, 5.41) is 3.18. The van der Waals surface area contributed by atoms with Gasteiger partial charge in [0.25, 0.3) is 12.0 Å². The Kier molecular flexibility index (Phi) is 3.73. The van der Waals surface area contributed by atoms with Gasteiger partial charge in [0.05, 0.1) is 6.54 Å². The first-order valence-electron chi connectivity index (χ1n) is 5.62. The molecule has 0 bridgehead atoms. The van der Waals surface area contributed by atoms with Gasteiger partial charge in [-0.2, -0.15) is 0 Å². The van der Waals surface area contributed by atoms with Crippen LogP contribution in [-0.2, 0) is 6.54 Å². The molecule has 4 nitrogen and oxygen atoms in total. The molecule has 2 rings (SSSR count). The summed E-state index contributed by atoms with van der Waals surface area (Å²) in [5.41, 5.74) is 0.171. The molecule has 17 heavy (non-hydrogen) atoms. The van der Waals surface area contributed by atoms with Crippen LogP contribution in [0.25, 0.3) is 0 Å². The first-order valence-corrected chi connectivity index (χ1v) is 5.62. The zero-order valence-electron chi connectivity index (χ0n) is 9.40. The van der Waals surface area contributed by atoms with E-state index in [2.05, 4.69) is 5.32 Å². The standard InChI is InChI=1S/C11H15F2N3O/c12-10(13)8-16-5-1-2-9(11(16)17)15-6-3-14-4-7-15/h1-2,5,10,14H,3-4,6-8H2. The van der Waals surface area contributed by atoms with Gasteiger partial charge in [-0.15, -0.1) is 0 Å². The highest BCUT2D eigenvalue weighted by atomic mass is 19.3. The number of piperazine rings is 1. The van der Waals surface area contributed by atoms with E-state index in [4.69, 9.17) is 0 Å². The molecule has 1 saturated heterocycles. The molecule has 0 aromatic carbocycles. The van der Waals surface area contributed by atoms with Crippen molar-refractivity contribution in [2.45, 2.75) is 13.0 Å². The van der Waals surface area contributed by atoms with Gasteiger partial charge in [-0.1, -0.05) is 0 Å². The molecule has 0 radical (unpaired) electrons. The molecule has 1 N–H and O–H groups in total. The van der Waals surface area contributed by atoms with Crippen LogP contribution in [0, 0.1) is 0 Å². The number of alkyl halides is 2. The Bertz CT molecular complexity index is 427. The van der Waals surface area contributed by atoms with Crippen LogP contribution >= 0.6 is 0 Å². The number of nitrogens with one attached hydrogen (secondary N) is 1. The van der Waals surface area contributed by atoms with Crippen molar-refractivity contribution in [1.82, 2.24) is 9.88 Å². The number of hydrogen-bond acceptors (Lipinski definition) is 3. The second kappa shape index (κ2) is 5.27. The summed E-state index contributed by atoms with van der Waals surface area (Å²) in [4.78, 5) is 13.9. The lowest BCUT2D eigenvalue weighted by Crippen LogP contribution is -2.46. The Labute approximate surface area is 97.8 Å². The summed E-state index contributed by atoms with van der Waals surface area (Å²) in [6, 6.07) is 3.33. The van der Waals surface area contributed by atoms with Crippen molar-refractivity contribution in [3.05, 3.63) is 28.7 Å². The lowest BCUT2D eigenvalue weighted by atomic mass is 10.3. The summed E-state index contributed by atoms with van der Waals surface area (Å²) < 4.78 is 25.7. The highest BCUT2D eigenvalue weighted by Crippen LogP contribution is 2.09. The van der Waals surface area contributed by atoms with E-state index >= 15 is 0 Å². The molecule has 1 aliphatic rings. The van der Waals surface area contributed by atoms with Gasteiger partial charge in [0, 0.05) is 32.4 Å². The highest BCUT2D eigenvalue weighted by molar-refractivity contribution is 5.44. The van der Waals surface area contributed by atoms with Crippen LogP contribution in [0.2, 0.25) is 0 Å². The van der Waals surface area contributed by atoms with E-state index in [1.54, 1.807) is 12.1 Å². The molecule has 6 heteroatoms. The number of anilines is 1. The van der Waals surface area contributed by atoms with Crippen LogP contribution in [0.15, 0.2) is 23.1 Å². The van der Waals surface area contributed by atoms with E-state index in [-0.39, 0.29) is 5.56 Å². The van der Waals surface area contributed by atoms with E-state index in [1.807, 2.05) is 4.90 Å². The molecule has 1 fully saturated rings. The molecule has 0 spiro atoms. The van der Waals surface area contributed by atoms with E-state index < -0.39 is 13.0 Å². The number of rotatable bonds is 3. The van der Waals surface area contributed by atoms with Crippen molar-refractivity contribution >= 4 is 5.69 Å². The molecule has 1 aromatic heterocycles. The number of aromatic nitrogens is 1. The summed E-state index contributed by atoms with van der Waals surface area (Å²) in [6.45, 7) is 2.53. The molecular formula is C11H15F2N3O. The average molecular weight is 243 g/mol. The first-order chi connectivity index (χ1) is 8.18. The normalized spacial score (nSPS) is 16.5. The average Bonchev–Trinajstić information content (AvgIpc) is 2.32. The van der Waals surface area contributed by atoms with Crippen LogP contribution < -0.4 is 15.8 Å². The molecule has 0 atom stereocenters. The smallest absolute Gasteiger partial charge is 0.274 e. The van der Waals surface area contributed by atoms with Crippen LogP contribution in [0.3, 0.4) is 0 Å². The summed E-state index contributed by atoms with van der Waals surface area (Å²) in [5.74, 6) is 0. The fourth-order valence-corrected chi connectivity index (χ4v) is 1.96. The van der Waals surface area contributed by atoms with Crippen molar-refractivity contribution < 1.29 is 8.78 Å². The summed E-state index contributed by atoms with van der Waals surface area (Å²) in [6.07, 6.45) is -1.11. The fourth-order valence-electron chi connectivity index (χ4n) is 1.96. The Balaban J connectivity index is 2.25. The van der Waals surface area contributed by atoms with E-state index in [9.17, 15) is 13.6 Å². The number of hydrogen-bond donors (Lipinski definition) is 1. The Morgan fingerprint density at radius 3 is 2.71 bits per heavy atom. The second-order valence-corrected chi connectivity index (χ2v) is 3.98. The molecule has 1 aromatic rings. The molecule has 94 valence electrons. The van der Waals surface area contributed by atoms with Crippen LogP contribution in [-0.4, -0.2) is 37.2 Å². The van der Waals surface area contributed by atoms with Gasteiger partial charge in [-0.05, 0) is 12.1 Å². The van der Waals surface area contributed by atoms with E-state index in [0.29, 0.717) is 5.69 Å². The predicted octanol–water partition coefficient (Wildman–Crippen LogP) is 0.523. The second-order valence-electron chi connectivity index (χ2n) is 3.98. The van der Waals surface area contributed by atoms with Gasteiger partial charge >= 0.3 is 0 Å². The number of halogens is 2. The molecule has 0 aliphatic carbocycles. The minimum absolute atomic E-state index is 0.338. The third-order valence-electron chi connectivity index (χ3n) is 2.79. The van der Waals surface area contributed by atoms with Crippen molar-refractivity contribution in [2.75, 3.05) is 31.1 Å². The summed E-state index contributed by atoms with van der Waals surface area (Å²) >= 11 is 0. The highest BCUT2D eigenvalue weighted by Gasteiger charge is 2.15. The topological polar surface area (TPSA) is 37.3 Å². The van der Waals surface area contributed by atoms with Crippen LogP contribution in [0.5, 0.6) is 0 Å². The van der Waals surface area contributed by atoms with E-state index in [0.717, 1.165) is 30.7 Å². The quantitative estimate of drug-likeness (QED) is 0.841. The van der Waals surface area contributed by atoms with Crippen LogP contribution in [0.4, 0.5) is 14.5 Å². The van der Waals surface area contributed by atoms with Gasteiger partial charge in [0.2, 0.25) is 0 Å². The predicted molar refractivity (Wildman–Crippen MR) is 61.8 cm³/mol. The fraction of sp³-hybridized carbons (Fsp3) is 0.545. The molecular weight excluding hydrogens is 228 g/mol. The van der Waals surface area contributed by atoms with Crippen LogP contribution in [0.1, 0.15) is 0 Å². The van der Waals surface area contributed by atoms with Crippen molar-refractivity contribution in [2.24, 2.45) is 0 Å². The third-order valence-corrected chi connectivity index (χ3v) is 2.79. The zero-order chi connectivity index (χ0) is 12.3.